The summed E-state index contributed by atoms with van der Waals surface area (Å²) in [5, 5.41) is 0. The first-order valence-corrected chi connectivity index (χ1v) is 5.14. The number of hydrogen-bond donors (Lipinski definition) is 1. The van der Waals surface area contributed by atoms with E-state index in [0.29, 0.717) is 0 Å². The Balaban J connectivity index is 3.21. The third kappa shape index (κ3) is 2.66. The second kappa shape index (κ2) is 5.20. The lowest BCUT2D eigenvalue weighted by atomic mass is 10.2. The van der Waals surface area contributed by atoms with Gasteiger partial charge in [-0.1, -0.05) is 0 Å². The first-order valence-electron chi connectivity index (χ1n) is 4.35. The molecule has 0 atom stereocenters. The monoisotopic (exact) mass is 295 g/mol. The molecule has 0 saturated heterocycles. The van der Waals surface area contributed by atoms with Crippen LogP contribution in [0.2, 0.25) is 0 Å². The maximum atomic E-state index is 12.3. The van der Waals surface area contributed by atoms with Gasteiger partial charge in [0, 0.05) is 4.47 Å². The van der Waals surface area contributed by atoms with Gasteiger partial charge in [0.05, 0.1) is 12.2 Å². The number of pyridine rings is 1. The molecule has 0 fully saturated rings. The van der Waals surface area contributed by atoms with E-state index >= 15 is 0 Å². The number of carbonyl (C=O) groups is 1. The highest BCUT2D eigenvalue weighted by Crippen LogP contribution is 2.21. The summed E-state index contributed by atoms with van der Waals surface area (Å²) in [6.07, 6.45) is -2.89. The fourth-order valence-corrected chi connectivity index (χ4v) is 1.54. The lowest BCUT2D eigenvalue weighted by Crippen LogP contribution is -2.19. The SMILES string of the molecule is CCOC(=O)c1[nH]c(=O)c(C(F)F)cc1Br. The third-order valence-electron chi connectivity index (χ3n) is 1.74. The molecule has 1 rings (SSSR count). The Morgan fingerprint density at radius 2 is 2.25 bits per heavy atom. The van der Waals surface area contributed by atoms with Crippen molar-refractivity contribution in [3.63, 3.8) is 0 Å². The number of esters is 1. The third-order valence-corrected chi connectivity index (χ3v) is 2.36. The van der Waals surface area contributed by atoms with Crippen molar-refractivity contribution in [2.75, 3.05) is 6.61 Å². The average molecular weight is 296 g/mol. The fraction of sp³-hybridized carbons (Fsp3) is 0.333. The molecule has 16 heavy (non-hydrogen) atoms. The number of aromatic nitrogens is 1. The van der Waals surface area contributed by atoms with Crippen LogP contribution in [0.5, 0.6) is 0 Å². The lowest BCUT2D eigenvalue weighted by Gasteiger charge is -2.05. The molecule has 0 amide bonds. The van der Waals surface area contributed by atoms with Crippen LogP contribution in [0.25, 0.3) is 0 Å². The van der Waals surface area contributed by atoms with Crippen LogP contribution < -0.4 is 5.56 Å². The Bertz CT molecular complexity index is 459. The van der Waals surface area contributed by atoms with Crippen molar-refractivity contribution >= 4 is 21.9 Å². The molecule has 0 aromatic carbocycles. The Labute approximate surface area is 97.7 Å². The van der Waals surface area contributed by atoms with Crippen molar-refractivity contribution < 1.29 is 18.3 Å². The van der Waals surface area contributed by atoms with Gasteiger partial charge in [-0.15, -0.1) is 0 Å². The summed E-state index contributed by atoms with van der Waals surface area (Å²) < 4.78 is 29.4. The highest BCUT2D eigenvalue weighted by Gasteiger charge is 2.18. The van der Waals surface area contributed by atoms with Crippen LogP contribution in [0.4, 0.5) is 8.78 Å². The minimum absolute atomic E-state index is 0.0702. The van der Waals surface area contributed by atoms with Gasteiger partial charge in [0.1, 0.15) is 5.69 Å². The number of halogens is 3. The van der Waals surface area contributed by atoms with Crippen LogP contribution >= 0.6 is 15.9 Å². The van der Waals surface area contributed by atoms with Crippen molar-refractivity contribution in [2.24, 2.45) is 0 Å². The molecule has 0 radical (unpaired) electrons. The first-order chi connectivity index (χ1) is 7.47. The van der Waals surface area contributed by atoms with Gasteiger partial charge in [0.2, 0.25) is 0 Å². The molecular formula is C9H8BrF2NO3. The van der Waals surface area contributed by atoms with Gasteiger partial charge in [-0.2, -0.15) is 0 Å². The molecular weight excluding hydrogens is 288 g/mol. The number of nitrogens with one attached hydrogen (secondary N) is 1. The maximum absolute atomic E-state index is 12.3. The highest BCUT2D eigenvalue weighted by molar-refractivity contribution is 9.10. The van der Waals surface area contributed by atoms with Crippen molar-refractivity contribution in [2.45, 2.75) is 13.3 Å². The zero-order valence-electron chi connectivity index (χ0n) is 8.22. The molecule has 1 heterocycles. The smallest absolute Gasteiger partial charge is 0.356 e. The van der Waals surface area contributed by atoms with E-state index in [0.717, 1.165) is 6.07 Å². The first kappa shape index (κ1) is 12.8. The van der Waals surface area contributed by atoms with E-state index in [1.54, 1.807) is 6.92 Å². The van der Waals surface area contributed by atoms with Gasteiger partial charge in [-0.3, -0.25) is 4.79 Å². The van der Waals surface area contributed by atoms with Crippen LogP contribution in [-0.2, 0) is 4.74 Å². The predicted molar refractivity (Wildman–Crippen MR) is 55.7 cm³/mol. The van der Waals surface area contributed by atoms with E-state index in [-0.39, 0.29) is 16.8 Å². The fourth-order valence-electron chi connectivity index (χ4n) is 1.03. The highest BCUT2D eigenvalue weighted by atomic mass is 79.9. The molecule has 1 N–H and O–H groups in total. The molecule has 88 valence electrons. The zero-order valence-corrected chi connectivity index (χ0v) is 9.81. The Kier molecular flexibility index (Phi) is 4.17. The minimum atomic E-state index is -2.89. The summed E-state index contributed by atoms with van der Waals surface area (Å²) in [5.41, 5.74) is -1.86. The van der Waals surface area contributed by atoms with Crippen molar-refractivity contribution in [3.05, 3.63) is 32.2 Å². The molecule has 0 bridgehead atoms. The summed E-state index contributed by atoms with van der Waals surface area (Å²) in [6, 6.07) is 0.912. The van der Waals surface area contributed by atoms with Crippen LogP contribution in [0.1, 0.15) is 29.4 Å². The molecule has 0 spiro atoms. The normalized spacial score (nSPS) is 10.6. The number of ether oxygens (including phenoxy) is 1. The zero-order chi connectivity index (χ0) is 12.3. The Morgan fingerprint density at radius 1 is 1.62 bits per heavy atom. The maximum Gasteiger partial charge on any atom is 0.356 e. The molecule has 0 unspecified atom stereocenters. The van der Waals surface area contributed by atoms with E-state index in [1.807, 2.05) is 0 Å². The van der Waals surface area contributed by atoms with Crippen molar-refractivity contribution in [1.29, 1.82) is 0 Å². The number of rotatable bonds is 3. The van der Waals surface area contributed by atoms with Crippen LogP contribution in [0.3, 0.4) is 0 Å². The minimum Gasteiger partial charge on any atom is -0.461 e. The summed E-state index contributed by atoms with van der Waals surface area (Å²) in [7, 11) is 0. The van der Waals surface area contributed by atoms with E-state index in [4.69, 9.17) is 0 Å². The molecule has 1 aromatic heterocycles. The van der Waals surface area contributed by atoms with Crippen LogP contribution in [0.15, 0.2) is 15.3 Å². The summed E-state index contributed by atoms with van der Waals surface area (Å²) in [6.45, 7) is 1.72. The number of alkyl halides is 2. The van der Waals surface area contributed by atoms with Gasteiger partial charge >= 0.3 is 5.97 Å². The molecule has 0 aliphatic rings. The predicted octanol–water partition coefficient (Wildman–Crippen LogP) is 2.25. The summed E-state index contributed by atoms with van der Waals surface area (Å²) in [4.78, 5) is 24.5. The largest absolute Gasteiger partial charge is 0.461 e. The number of aromatic amines is 1. The molecule has 0 aliphatic heterocycles. The average Bonchev–Trinajstić information content (AvgIpc) is 2.20. The summed E-state index contributed by atoms with van der Waals surface area (Å²) >= 11 is 2.92. The number of H-pyrrole nitrogens is 1. The molecule has 0 aliphatic carbocycles. The van der Waals surface area contributed by atoms with Gasteiger partial charge in [0.25, 0.3) is 12.0 Å². The van der Waals surface area contributed by atoms with Gasteiger partial charge in [0.15, 0.2) is 0 Å². The molecule has 0 saturated carbocycles. The van der Waals surface area contributed by atoms with Crippen molar-refractivity contribution in [3.8, 4) is 0 Å². The topological polar surface area (TPSA) is 59.2 Å². The van der Waals surface area contributed by atoms with E-state index in [2.05, 4.69) is 25.7 Å². The standard InChI is InChI=1S/C9H8BrF2NO3/c1-2-16-9(15)6-5(10)3-4(7(11)12)8(14)13-6/h3,7H,2H2,1H3,(H,13,14). The van der Waals surface area contributed by atoms with E-state index in [1.165, 1.54) is 0 Å². The van der Waals surface area contributed by atoms with Crippen LogP contribution in [0, 0.1) is 0 Å². The second-order valence-corrected chi connectivity index (χ2v) is 3.65. The Morgan fingerprint density at radius 3 is 2.75 bits per heavy atom. The molecule has 4 nitrogen and oxygen atoms in total. The lowest BCUT2D eigenvalue weighted by molar-refractivity contribution is 0.0517. The van der Waals surface area contributed by atoms with Crippen molar-refractivity contribution in [1.82, 2.24) is 4.98 Å². The van der Waals surface area contributed by atoms with Crippen LogP contribution in [-0.4, -0.2) is 17.6 Å². The van der Waals surface area contributed by atoms with E-state index < -0.39 is 23.5 Å². The Hall–Kier alpha value is -1.24. The number of hydrogen-bond acceptors (Lipinski definition) is 3. The number of carbonyl (C=O) groups excluding carboxylic acids is 1. The summed E-state index contributed by atoms with van der Waals surface area (Å²) in [5.74, 6) is -0.771. The second-order valence-electron chi connectivity index (χ2n) is 2.80. The quantitative estimate of drug-likeness (QED) is 0.870. The molecule has 7 heteroatoms. The van der Waals surface area contributed by atoms with Gasteiger partial charge in [-0.25, -0.2) is 13.6 Å². The van der Waals surface area contributed by atoms with Gasteiger partial charge in [-0.05, 0) is 28.9 Å². The molecule has 1 aromatic rings. The van der Waals surface area contributed by atoms with E-state index in [9.17, 15) is 18.4 Å². The van der Waals surface area contributed by atoms with Gasteiger partial charge < -0.3 is 9.72 Å².